The molecule has 8 fully saturated rings. The molecule has 16 atom stereocenters. The third-order valence-corrected chi connectivity index (χ3v) is 29.8. The molecule has 2 aliphatic heterocycles. The summed E-state index contributed by atoms with van der Waals surface area (Å²) >= 11 is 16.7. The number of methoxy groups -OCH3 is 4. The Morgan fingerprint density at radius 2 is 1.08 bits per heavy atom. The molecule has 712 valence electrons. The van der Waals surface area contributed by atoms with Crippen LogP contribution in [0.4, 0.5) is 5.82 Å². The Bertz CT molecular complexity index is 5520. The Labute approximate surface area is 784 Å². The van der Waals surface area contributed by atoms with Gasteiger partial charge in [0.25, 0.3) is 10.1 Å². The van der Waals surface area contributed by atoms with E-state index in [4.69, 9.17) is 80.1 Å². The van der Waals surface area contributed by atoms with E-state index in [-0.39, 0.29) is 116 Å². The molecular weight excluding hydrogens is 1810 g/mol. The number of carbonyl (C=O) groups is 8. The maximum Gasteiger partial charge on any atom is 0.312 e. The van der Waals surface area contributed by atoms with Crippen molar-refractivity contribution in [3.63, 3.8) is 0 Å². The van der Waals surface area contributed by atoms with Crippen LogP contribution >= 0.6 is 39.1 Å². The summed E-state index contributed by atoms with van der Waals surface area (Å²) in [7, 11) is 1.62. The van der Waals surface area contributed by atoms with E-state index in [1.165, 1.54) is 50.2 Å². The van der Waals surface area contributed by atoms with Crippen molar-refractivity contribution >= 4 is 124 Å². The first-order chi connectivity index (χ1) is 62.1. The number of Topliss-reactive ketones (excluding diaryl/α,β-unsaturated/α-hetero) is 2. The Balaban J connectivity index is 0.000000180. The van der Waals surface area contributed by atoms with Gasteiger partial charge in [0, 0.05) is 98.3 Å². The monoisotopic (exact) mass is 1930 g/mol. The van der Waals surface area contributed by atoms with Gasteiger partial charge in [0.15, 0.2) is 22.8 Å². The molecule has 0 bridgehead atoms. The standard InChI is InChI=1S/C46H61ClN4O9.C33H44BrNO9S.C18H21ClN4O3/c1-9-29-23-46(29,44(55)57-8)24-36(52)35-20-32(25-50(35)43(54)34(45(4,5)6)21-40(53)60-31-18-27-17-28(27)19-31)59-38-22-39(51-13-12-30(49-51)16-26(2)3)48-42-33(38)10-11-37(41(42)47)58-15-14-56-7;1-6-21-16-33(21,31(39)42-5)17-28(36)27-14-24(44-45(40,41)25-9-7-22(34)8-10-25)18-35(27)30(38)26(32(2,3)4)15-29(37)43-23-12-19-11-20(19)13-23;1-11(2)20-15-6-7-23(22-15)16-10-13(24)12-4-5-14(26-9-8-25-3)17(19)18(12)21-16/h10-13,22,26-29,31-32,34-35H,9,14-21,23-25H2,1-8H3;7-10,19-21,23-24,26-27H,6,11-18H2,1-5H3;4-7,10-11H,8-9H2,1-3H3,(H,20,22)(H,21,24)/t27-,28+,29-,31?,32-,34-,35+,46-;19-,20+,21-,23?,24+,26-,27+,33-;/m11./s1. The number of aromatic nitrogens is 6. The third kappa shape index (κ3) is 23.5. The predicted molar refractivity (Wildman–Crippen MR) is 495 cm³/mol. The first-order valence-corrected chi connectivity index (χ1v) is 48.7. The number of pyridine rings is 2. The van der Waals surface area contributed by atoms with Crippen molar-refractivity contribution in [1.29, 1.82) is 0 Å². The molecule has 3 aromatic carbocycles. The summed E-state index contributed by atoms with van der Waals surface area (Å²) in [4.78, 5) is 134. The topological polar surface area (TPSA) is 363 Å². The van der Waals surface area contributed by atoms with Gasteiger partial charge >= 0.3 is 23.9 Å². The van der Waals surface area contributed by atoms with Gasteiger partial charge in [0.05, 0.1) is 109 Å². The van der Waals surface area contributed by atoms with Crippen LogP contribution in [0.5, 0.6) is 17.2 Å². The van der Waals surface area contributed by atoms with Crippen LogP contribution < -0.4 is 25.0 Å². The summed E-state index contributed by atoms with van der Waals surface area (Å²) in [5, 5.41) is 14.2. The largest absolute Gasteiger partial charge is 0.490 e. The van der Waals surface area contributed by atoms with Crippen molar-refractivity contribution in [3.05, 3.63) is 116 Å². The first-order valence-electron chi connectivity index (χ1n) is 45.8. The second-order valence-corrected chi connectivity index (χ2v) is 42.8. The van der Waals surface area contributed by atoms with E-state index in [0.717, 1.165) is 50.0 Å². The summed E-state index contributed by atoms with van der Waals surface area (Å²) in [5.41, 5.74) is -1.46. The van der Waals surface area contributed by atoms with Crippen molar-refractivity contribution in [1.82, 2.24) is 39.3 Å². The Morgan fingerprint density at radius 1 is 0.588 bits per heavy atom. The molecule has 30 nitrogen and oxygen atoms in total. The van der Waals surface area contributed by atoms with Gasteiger partial charge in [-0.3, -0.25) is 47.3 Å². The Morgan fingerprint density at radius 3 is 1.56 bits per heavy atom. The van der Waals surface area contributed by atoms with Crippen LogP contribution in [0.3, 0.4) is 0 Å². The number of likely N-dealkylation sites (tertiary alicyclic amines) is 2. The van der Waals surface area contributed by atoms with Gasteiger partial charge in [-0.2, -0.15) is 13.5 Å². The maximum atomic E-state index is 14.9. The zero-order chi connectivity index (χ0) is 94.7. The van der Waals surface area contributed by atoms with Crippen molar-refractivity contribution in [2.45, 2.75) is 240 Å². The number of rotatable bonds is 37. The van der Waals surface area contributed by atoms with Crippen LogP contribution in [0.25, 0.3) is 33.4 Å². The van der Waals surface area contributed by atoms with Gasteiger partial charge in [-0.15, -0.1) is 5.10 Å². The molecule has 6 saturated carbocycles. The lowest BCUT2D eigenvalue weighted by Gasteiger charge is -2.35. The highest BCUT2D eigenvalue weighted by Gasteiger charge is 2.64. The molecule has 34 heteroatoms. The summed E-state index contributed by atoms with van der Waals surface area (Å²) in [6.45, 7) is 25.0. The number of benzene rings is 3. The molecule has 131 heavy (non-hydrogen) atoms. The maximum absolute atomic E-state index is 14.9. The van der Waals surface area contributed by atoms with Gasteiger partial charge in [-0.1, -0.05) is 121 Å². The molecule has 0 spiro atoms. The molecule has 6 heterocycles. The molecule has 6 aliphatic carbocycles. The zero-order valence-corrected chi connectivity index (χ0v) is 81.7. The number of amides is 2. The molecule has 4 aromatic heterocycles. The Kier molecular flexibility index (Phi) is 31.4. The Hall–Kier alpha value is -9.05. The quantitative estimate of drug-likeness (QED) is 0.0158. The lowest BCUT2D eigenvalue weighted by Crippen LogP contribution is -2.48. The van der Waals surface area contributed by atoms with Crippen LogP contribution in [-0.2, 0) is 87.5 Å². The van der Waals surface area contributed by atoms with Crippen LogP contribution in [0, 0.1) is 74.9 Å². The van der Waals surface area contributed by atoms with Crippen LogP contribution in [-0.4, -0.2) is 206 Å². The van der Waals surface area contributed by atoms with Gasteiger partial charge < -0.3 is 62.7 Å². The SMILES string of the molecule is CC[C@@H]1C[C@]1(CC(=O)[C@@H]1C[C@@H](Oc2cc(-n3ccc(CC(C)C)n3)nc3c(Cl)c(OCCOC)ccc23)CN1C(=O)[C@@H](CC(=O)OC1C[C@@H]2C[C@@H]2C1)C(C)(C)C)C(=O)OC.CC[C@@H]1C[C@]1(CC(=O)[C@@H]1C[C@H](OS(=O)(=O)c2ccc(Br)cc2)CN1C(=O)[C@@H](CC(=O)OC1C[C@@H]2C[C@@H]2C1)C(C)(C)C)C(=O)OC.COCCOc1ccc2c(=O)cc(-n3ccc(NC(C)C)n3)[nH]c2c1Cl. The number of halogens is 3. The van der Waals surface area contributed by atoms with E-state index < -0.39 is 97.7 Å². The minimum Gasteiger partial charge on any atom is -0.490 e. The number of aromatic amines is 1. The van der Waals surface area contributed by atoms with Gasteiger partial charge in [0.2, 0.25) is 11.8 Å². The second-order valence-electron chi connectivity index (χ2n) is 39.5. The highest BCUT2D eigenvalue weighted by atomic mass is 79.9. The van der Waals surface area contributed by atoms with E-state index in [1.807, 2.05) is 93.6 Å². The molecule has 0 radical (unpaired) electrons. The summed E-state index contributed by atoms with van der Waals surface area (Å²) in [6, 6.07) is 18.4. The summed E-state index contributed by atoms with van der Waals surface area (Å²) < 4.78 is 86.5. The molecule has 7 aromatic rings. The van der Waals surface area contributed by atoms with E-state index in [1.54, 1.807) is 71.1 Å². The van der Waals surface area contributed by atoms with Gasteiger partial charge in [-0.25, -0.2) is 14.3 Å². The number of ether oxygens (including phenoxy) is 9. The van der Waals surface area contributed by atoms with Crippen molar-refractivity contribution in [2.24, 2.45) is 74.9 Å². The first kappa shape index (κ1) is 99.4. The molecular formula is C97H126BrCl2N9O21S. The average molecular weight is 1940 g/mol. The average Bonchev–Trinajstić information content (AvgIpc) is 1.59. The lowest BCUT2D eigenvalue weighted by atomic mass is 9.77. The number of hydrogen-bond acceptors (Lipinski definition) is 25. The number of H-pyrrole nitrogens is 1. The zero-order valence-electron chi connectivity index (χ0n) is 77.8. The van der Waals surface area contributed by atoms with Crippen molar-refractivity contribution in [2.75, 3.05) is 73.3 Å². The number of carbonyl (C=O) groups excluding carboxylic acids is 8. The molecule has 2 unspecified atom stereocenters. The molecule has 2 N–H and O–H groups in total. The highest BCUT2D eigenvalue weighted by Crippen LogP contribution is 2.60. The summed E-state index contributed by atoms with van der Waals surface area (Å²) in [6.07, 6.45) is 10.6. The third-order valence-electron chi connectivity index (χ3n) is 27.1. The number of nitrogens with one attached hydrogen (secondary N) is 2. The number of esters is 4. The predicted octanol–water partition coefficient (Wildman–Crippen LogP) is 15.9. The number of ketones is 2. The summed E-state index contributed by atoms with van der Waals surface area (Å²) in [5.74, 6) is 1.42. The van der Waals surface area contributed by atoms with Crippen LogP contribution in [0.2, 0.25) is 10.0 Å². The van der Waals surface area contributed by atoms with E-state index in [0.29, 0.717) is 134 Å². The highest BCUT2D eigenvalue weighted by molar-refractivity contribution is 9.10. The fraction of sp³-hybridized carbons (Fsp3) is 0.608. The minimum atomic E-state index is -4.21. The number of anilines is 1. The fourth-order valence-corrected chi connectivity index (χ4v) is 21.5. The number of hydrogen-bond donors (Lipinski definition) is 2. The number of fused-ring (bicyclic) bond motifs is 4. The van der Waals surface area contributed by atoms with Gasteiger partial charge in [0.1, 0.15) is 70.5 Å². The van der Waals surface area contributed by atoms with E-state index >= 15 is 0 Å². The minimum absolute atomic E-state index is 0.0111. The number of nitrogens with zero attached hydrogens (tertiary/aromatic N) is 7. The smallest absolute Gasteiger partial charge is 0.312 e. The molecule has 15 rings (SSSR count). The van der Waals surface area contributed by atoms with Gasteiger partial charge in [-0.05, 0) is 178 Å². The normalized spacial score (nSPS) is 25.0. The second kappa shape index (κ2) is 41.4. The van der Waals surface area contributed by atoms with Crippen molar-refractivity contribution < 1.29 is 93.6 Å². The molecule has 8 aliphatic rings. The van der Waals surface area contributed by atoms with Crippen LogP contribution in [0.1, 0.15) is 192 Å². The molecule has 2 amide bonds. The lowest BCUT2D eigenvalue weighted by molar-refractivity contribution is -0.157. The molecule has 2 saturated heterocycles. The van der Waals surface area contributed by atoms with E-state index in [2.05, 4.69) is 45.2 Å². The van der Waals surface area contributed by atoms with Crippen LogP contribution in [0.15, 0.2) is 99.4 Å². The fourth-order valence-electron chi connectivity index (χ4n) is 19.6. The van der Waals surface area contributed by atoms with E-state index in [9.17, 15) is 51.6 Å². The van der Waals surface area contributed by atoms with Crippen molar-refractivity contribution in [3.8, 4) is 28.9 Å².